The number of benzene rings is 1. The molecule has 1 aliphatic rings. The van der Waals surface area contributed by atoms with Crippen LogP contribution >= 0.6 is 24.8 Å². The molecule has 0 radical (unpaired) electrons. The fraction of sp³-hybridized carbons (Fsp3) is 0.429. The lowest BCUT2D eigenvalue weighted by atomic mass is 10.0. The quantitative estimate of drug-likeness (QED) is 0.832. The van der Waals surface area contributed by atoms with Crippen molar-refractivity contribution < 1.29 is 13.5 Å². The summed E-state index contributed by atoms with van der Waals surface area (Å²) < 4.78 is 29.5. The molecule has 1 aromatic carbocycles. The predicted molar refractivity (Wildman–Crippen MR) is 85.0 cm³/mol. The zero-order valence-electron chi connectivity index (χ0n) is 11.5. The lowest BCUT2D eigenvalue weighted by Gasteiger charge is -2.34. The maximum Gasteiger partial charge on any atom is 0.387 e. The van der Waals surface area contributed by atoms with E-state index in [1.807, 2.05) is 12.1 Å². The Morgan fingerprint density at radius 3 is 2.38 bits per heavy atom. The van der Waals surface area contributed by atoms with Gasteiger partial charge in [0, 0.05) is 31.7 Å². The van der Waals surface area contributed by atoms with Crippen LogP contribution in [0.2, 0.25) is 0 Å². The molecule has 7 heteroatoms. The van der Waals surface area contributed by atoms with Gasteiger partial charge in [-0.15, -0.1) is 31.4 Å². The number of piperazine rings is 1. The van der Waals surface area contributed by atoms with E-state index in [9.17, 15) is 8.78 Å². The van der Waals surface area contributed by atoms with Crippen molar-refractivity contribution >= 4 is 24.8 Å². The number of nitrogens with zero attached hydrogens (tertiary/aromatic N) is 1. The van der Waals surface area contributed by atoms with Crippen molar-refractivity contribution in [3.8, 4) is 5.75 Å². The van der Waals surface area contributed by atoms with Crippen molar-refractivity contribution in [2.45, 2.75) is 12.7 Å². The molecule has 2 rings (SSSR count). The van der Waals surface area contributed by atoms with E-state index in [1.54, 1.807) is 18.2 Å². The van der Waals surface area contributed by atoms with Crippen LogP contribution in [-0.2, 0) is 0 Å². The van der Waals surface area contributed by atoms with Gasteiger partial charge in [-0.2, -0.15) is 8.78 Å². The van der Waals surface area contributed by atoms with Crippen LogP contribution in [0.4, 0.5) is 8.78 Å². The monoisotopic (exact) mass is 340 g/mol. The minimum atomic E-state index is -2.81. The fourth-order valence-corrected chi connectivity index (χ4v) is 2.36. The third-order valence-electron chi connectivity index (χ3n) is 3.22. The molecule has 1 saturated heterocycles. The number of ether oxygens (including phenoxy) is 1. The average Bonchev–Trinajstić information content (AvgIpc) is 2.42. The van der Waals surface area contributed by atoms with Crippen LogP contribution in [0.1, 0.15) is 11.6 Å². The number of hydrogen-bond acceptors (Lipinski definition) is 3. The van der Waals surface area contributed by atoms with Crippen LogP contribution in [-0.4, -0.2) is 37.7 Å². The molecule has 1 heterocycles. The summed E-state index contributed by atoms with van der Waals surface area (Å²) >= 11 is 0. The molecule has 1 atom stereocenters. The number of nitrogens with one attached hydrogen (secondary N) is 1. The number of rotatable bonds is 5. The zero-order chi connectivity index (χ0) is 13.7. The summed E-state index contributed by atoms with van der Waals surface area (Å²) in [5.74, 6) is 0.223. The highest BCUT2D eigenvalue weighted by Crippen LogP contribution is 2.31. The molecule has 0 aliphatic carbocycles. The number of halogens is 4. The van der Waals surface area contributed by atoms with Crippen LogP contribution in [0, 0.1) is 0 Å². The third kappa shape index (κ3) is 5.43. The zero-order valence-corrected chi connectivity index (χ0v) is 13.1. The normalized spacial score (nSPS) is 16.5. The van der Waals surface area contributed by atoms with E-state index in [1.165, 1.54) is 0 Å². The molecule has 120 valence electrons. The van der Waals surface area contributed by atoms with Gasteiger partial charge in [0.15, 0.2) is 0 Å². The van der Waals surface area contributed by atoms with Gasteiger partial charge in [-0.25, -0.2) is 0 Å². The summed E-state index contributed by atoms with van der Waals surface area (Å²) in [6.07, 6.45) is 1.78. The highest BCUT2D eigenvalue weighted by molar-refractivity contribution is 5.85. The molecule has 0 unspecified atom stereocenters. The van der Waals surface area contributed by atoms with Gasteiger partial charge in [-0.1, -0.05) is 24.3 Å². The van der Waals surface area contributed by atoms with Gasteiger partial charge in [0.2, 0.25) is 0 Å². The Bertz CT molecular complexity index is 429. The maximum atomic E-state index is 12.4. The third-order valence-corrected chi connectivity index (χ3v) is 3.22. The van der Waals surface area contributed by atoms with E-state index in [-0.39, 0.29) is 36.6 Å². The number of hydrogen-bond donors (Lipinski definition) is 1. The molecule has 21 heavy (non-hydrogen) atoms. The van der Waals surface area contributed by atoms with Gasteiger partial charge in [0.25, 0.3) is 0 Å². The van der Waals surface area contributed by atoms with Crippen LogP contribution in [0.3, 0.4) is 0 Å². The predicted octanol–water partition coefficient (Wildman–Crippen LogP) is 3.26. The Balaban J connectivity index is 0.00000200. The smallest absolute Gasteiger partial charge is 0.387 e. The summed E-state index contributed by atoms with van der Waals surface area (Å²) in [6, 6.07) is 6.80. The van der Waals surface area contributed by atoms with Gasteiger partial charge in [-0.3, -0.25) is 4.90 Å². The molecule has 0 spiro atoms. The van der Waals surface area contributed by atoms with Gasteiger partial charge >= 0.3 is 6.61 Å². The Kier molecular flexibility index (Phi) is 9.53. The Labute approximate surface area is 136 Å². The molecule has 0 bridgehead atoms. The second-order valence-corrected chi connectivity index (χ2v) is 4.38. The summed E-state index contributed by atoms with van der Waals surface area (Å²) in [5, 5.41) is 3.26. The van der Waals surface area contributed by atoms with Crippen LogP contribution < -0.4 is 10.1 Å². The van der Waals surface area contributed by atoms with E-state index in [0.29, 0.717) is 0 Å². The molecule has 3 nitrogen and oxygen atoms in total. The molecule has 1 N–H and O–H groups in total. The van der Waals surface area contributed by atoms with E-state index < -0.39 is 6.61 Å². The van der Waals surface area contributed by atoms with Gasteiger partial charge in [0.05, 0.1) is 6.04 Å². The number of alkyl halides is 2. The van der Waals surface area contributed by atoms with Crippen LogP contribution in [0.15, 0.2) is 36.9 Å². The van der Waals surface area contributed by atoms with Gasteiger partial charge < -0.3 is 10.1 Å². The molecular weight excluding hydrogens is 321 g/mol. The van der Waals surface area contributed by atoms with Crippen molar-refractivity contribution in [2.75, 3.05) is 26.2 Å². The standard InChI is InChI=1S/C14H18F2N2O.2ClH/c1-2-12(18-9-7-17-8-10-18)11-5-3-4-6-13(11)19-14(15)16;;/h2-6,12,14,17H,1,7-10H2;2*1H/t12-;;/m1../s1. The molecule has 0 saturated carbocycles. The minimum absolute atomic E-state index is 0. The highest BCUT2D eigenvalue weighted by atomic mass is 35.5. The van der Waals surface area contributed by atoms with Crippen LogP contribution in [0.5, 0.6) is 5.75 Å². The van der Waals surface area contributed by atoms with Crippen molar-refractivity contribution in [1.82, 2.24) is 10.2 Å². The first-order valence-electron chi connectivity index (χ1n) is 6.33. The topological polar surface area (TPSA) is 24.5 Å². The van der Waals surface area contributed by atoms with Crippen molar-refractivity contribution in [1.29, 1.82) is 0 Å². The van der Waals surface area contributed by atoms with Crippen LogP contribution in [0.25, 0.3) is 0 Å². The molecule has 1 aliphatic heterocycles. The second-order valence-electron chi connectivity index (χ2n) is 4.38. The summed E-state index contributed by atoms with van der Waals surface area (Å²) in [7, 11) is 0. The van der Waals surface area contributed by atoms with Crippen molar-refractivity contribution in [2.24, 2.45) is 0 Å². The Morgan fingerprint density at radius 2 is 1.81 bits per heavy atom. The maximum absolute atomic E-state index is 12.4. The average molecular weight is 341 g/mol. The first kappa shape index (κ1) is 20.1. The Morgan fingerprint density at radius 1 is 1.19 bits per heavy atom. The molecule has 0 amide bonds. The first-order valence-corrected chi connectivity index (χ1v) is 6.33. The van der Waals surface area contributed by atoms with E-state index in [4.69, 9.17) is 0 Å². The molecule has 1 aromatic rings. The minimum Gasteiger partial charge on any atom is -0.434 e. The second kappa shape index (κ2) is 9.95. The first-order chi connectivity index (χ1) is 9.22. The van der Waals surface area contributed by atoms with E-state index in [2.05, 4.69) is 21.5 Å². The molecular formula is C14H20Cl2F2N2O. The van der Waals surface area contributed by atoms with Gasteiger partial charge in [-0.05, 0) is 6.07 Å². The molecule has 0 aromatic heterocycles. The largest absolute Gasteiger partial charge is 0.434 e. The molecule has 1 fully saturated rings. The summed E-state index contributed by atoms with van der Waals surface area (Å²) in [4.78, 5) is 2.21. The SMILES string of the molecule is C=C[C@H](c1ccccc1OC(F)F)N1CCNCC1.Cl.Cl. The fourth-order valence-electron chi connectivity index (χ4n) is 2.36. The highest BCUT2D eigenvalue weighted by Gasteiger charge is 2.23. The lowest BCUT2D eigenvalue weighted by Crippen LogP contribution is -2.44. The summed E-state index contributed by atoms with van der Waals surface area (Å²) in [5.41, 5.74) is 0.736. The van der Waals surface area contributed by atoms with Gasteiger partial charge in [0.1, 0.15) is 5.75 Å². The summed E-state index contributed by atoms with van der Waals surface area (Å²) in [6.45, 7) is 4.52. The Hall–Kier alpha value is -0.880. The van der Waals surface area contributed by atoms with Crippen molar-refractivity contribution in [3.05, 3.63) is 42.5 Å². The van der Waals surface area contributed by atoms with Crippen molar-refractivity contribution in [3.63, 3.8) is 0 Å². The number of para-hydroxylation sites is 1. The van der Waals surface area contributed by atoms with E-state index >= 15 is 0 Å². The lowest BCUT2D eigenvalue weighted by molar-refractivity contribution is -0.0510. The van der Waals surface area contributed by atoms with E-state index in [0.717, 1.165) is 31.7 Å².